The van der Waals surface area contributed by atoms with Gasteiger partial charge in [-0.3, -0.25) is 15.0 Å². The van der Waals surface area contributed by atoms with E-state index in [1.807, 2.05) is 42.6 Å². The van der Waals surface area contributed by atoms with E-state index in [0.717, 1.165) is 55.2 Å². The quantitative estimate of drug-likeness (QED) is 0.178. The summed E-state index contributed by atoms with van der Waals surface area (Å²) in [5.41, 5.74) is 12.2. The predicted octanol–water partition coefficient (Wildman–Crippen LogP) is 12.3. The van der Waals surface area contributed by atoms with E-state index in [1.165, 1.54) is 16.7 Å². The molecule has 0 saturated carbocycles. The third-order valence-corrected chi connectivity index (χ3v) is 10.6. The van der Waals surface area contributed by atoms with Crippen LogP contribution in [0.3, 0.4) is 0 Å². The van der Waals surface area contributed by atoms with E-state index in [4.69, 9.17) is 19.4 Å². The molecule has 6 nitrogen and oxygen atoms in total. The fourth-order valence-electron chi connectivity index (χ4n) is 7.53. The van der Waals surface area contributed by atoms with E-state index in [0.29, 0.717) is 28.2 Å². The Bertz CT molecular complexity index is 2930. The number of hydrogen-bond donors (Lipinski definition) is 1. The zero-order valence-corrected chi connectivity index (χ0v) is 34.2. The molecule has 7 heteroatoms. The molecule has 4 heterocycles. The monoisotopic (exact) mass is 900 g/mol. The van der Waals surface area contributed by atoms with Crippen LogP contribution in [0.1, 0.15) is 58.2 Å². The maximum absolute atomic E-state index is 11.5. The maximum atomic E-state index is 11.5. The normalized spacial score (nSPS) is 12.2. The molecular formula is C48H41N4O2Pt-. The fraction of sp³-hybridized carbons (Fsp3) is 0.188. The molecule has 0 fully saturated rings. The first-order valence-corrected chi connectivity index (χ1v) is 18.4. The molecule has 0 aliphatic carbocycles. The van der Waals surface area contributed by atoms with Crippen molar-refractivity contribution in [1.82, 2.24) is 19.5 Å². The number of pyridine rings is 2. The van der Waals surface area contributed by atoms with Gasteiger partial charge in [0.15, 0.2) is 0 Å². The average molecular weight is 901 g/mol. The van der Waals surface area contributed by atoms with Crippen molar-refractivity contribution in [3.05, 3.63) is 138 Å². The Morgan fingerprint density at radius 3 is 2.16 bits per heavy atom. The van der Waals surface area contributed by atoms with Gasteiger partial charge in [-0.2, -0.15) is 0 Å². The Morgan fingerprint density at radius 2 is 1.40 bits per heavy atom. The largest absolute Gasteiger partial charge is 0.507 e. The first-order chi connectivity index (χ1) is 25.9. The first kappa shape index (κ1) is 36.4. The van der Waals surface area contributed by atoms with Crippen LogP contribution in [0.15, 0.2) is 120 Å². The molecule has 0 amide bonds. The molecule has 5 aromatic carbocycles. The molecule has 55 heavy (non-hydrogen) atoms. The van der Waals surface area contributed by atoms with Crippen molar-refractivity contribution in [2.45, 2.75) is 59.3 Å². The van der Waals surface area contributed by atoms with Gasteiger partial charge in [-0.15, -0.1) is 29.8 Å². The summed E-state index contributed by atoms with van der Waals surface area (Å²) in [5, 5.41) is 14.5. The topological polar surface area (TPSA) is 77.0 Å². The van der Waals surface area contributed by atoms with Gasteiger partial charge >= 0.3 is 0 Å². The molecule has 0 bridgehead atoms. The summed E-state index contributed by atoms with van der Waals surface area (Å²) < 4.78 is 8.59. The molecule has 276 valence electrons. The number of aryl methyl sites for hydroxylation is 1. The molecule has 9 aromatic rings. The number of aromatic hydroxyl groups is 1. The van der Waals surface area contributed by atoms with Crippen LogP contribution in [0, 0.1) is 13.0 Å². The van der Waals surface area contributed by atoms with Gasteiger partial charge in [-0.25, -0.2) is 0 Å². The van der Waals surface area contributed by atoms with Gasteiger partial charge in [0.25, 0.3) is 0 Å². The Morgan fingerprint density at radius 1 is 0.673 bits per heavy atom. The van der Waals surface area contributed by atoms with Gasteiger partial charge in [-0.05, 0) is 82.3 Å². The number of aromatic nitrogens is 4. The number of furan rings is 1. The Kier molecular flexibility index (Phi) is 8.81. The Labute approximate surface area is 335 Å². The summed E-state index contributed by atoms with van der Waals surface area (Å²) in [4.78, 5) is 15.1. The minimum Gasteiger partial charge on any atom is -0.507 e. The molecule has 4 aromatic heterocycles. The number of phenols is 1. The van der Waals surface area contributed by atoms with Crippen LogP contribution in [0.4, 0.5) is 0 Å². The SMILES string of the molecule is Cc1ccnc2c(-c3[c-]c(-c4nc5c(-c6c(O)ccc7c6oc6ccccc67)nccc5n4-c4ccc(C(C)(C)C)cc4)ccc3)cc(C(C)(C)C)cc12.[Pt]. The van der Waals surface area contributed by atoms with Crippen LogP contribution >= 0.6 is 0 Å². The first-order valence-electron chi connectivity index (χ1n) is 18.4. The summed E-state index contributed by atoms with van der Waals surface area (Å²) >= 11 is 0. The van der Waals surface area contributed by atoms with E-state index in [9.17, 15) is 5.11 Å². The van der Waals surface area contributed by atoms with Gasteiger partial charge < -0.3 is 14.1 Å². The molecular weight excluding hydrogens is 860 g/mol. The summed E-state index contributed by atoms with van der Waals surface area (Å²) in [6.07, 6.45) is 3.66. The summed E-state index contributed by atoms with van der Waals surface area (Å²) in [7, 11) is 0. The number of fused-ring (bicyclic) bond motifs is 5. The maximum Gasteiger partial charge on any atom is 0.148 e. The van der Waals surface area contributed by atoms with Crippen LogP contribution in [0.5, 0.6) is 5.75 Å². The third kappa shape index (κ3) is 6.13. The van der Waals surface area contributed by atoms with Crippen molar-refractivity contribution in [1.29, 1.82) is 0 Å². The molecule has 0 aliphatic rings. The Hall–Kier alpha value is -5.58. The third-order valence-electron chi connectivity index (χ3n) is 10.6. The number of phenolic OH excluding ortho intramolecular Hbond substituents is 1. The number of hydrogen-bond acceptors (Lipinski definition) is 5. The minimum atomic E-state index is -0.0618. The number of rotatable bonds is 4. The van der Waals surface area contributed by atoms with Gasteiger partial charge in [0, 0.05) is 55.4 Å². The smallest absolute Gasteiger partial charge is 0.148 e. The predicted molar refractivity (Wildman–Crippen MR) is 220 cm³/mol. The van der Waals surface area contributed by atoms with E-state index < -0.39 is 0 Å². The van der Waals surface area contributed by atoms with Crippen molar-refractivity contribution in [3.63, 3.8) is 0 Å². The van der Waals surface area contributed by atoms with Crippen molar-refractivity contribution >= 4 is 43.9 Å². The van der Waals surface area contributed by atoms with E-state index in [2.05, 4.69) is 120 Å². The zero-order chi connectivity index (χ0) is 37.5. The number of benzene rings is 5. The van der Waals surface area contributed by atoms with Crippen molar-refractivity contribution in [2.24, 2.45) is 0 Å². The van der Waals surface area contributed by atoms with Gasteiger partial charge in [0.2, 0.25) is 0 Å². The molecule has 0 radical (unpaired) electrons. The summed E-state index contributed by atoms with van der Waals surface area (Å²) in [5.74, 6) is 0.787. The second-order valence-corrected chi connectivity index (χ2v) is 16.3. The molecule has 1 N–H and O–H groups in total. The standard InChI is InChI=1S/C48H41N4O2.Pt/c1-28-21-23-49-42-36(28)26-32(48(5,6)7)27-37(42)29-11-10-12-30(25-29)46-51-43-38(52(46)33-17-15-31(16-18-33)47(2,3)4)22-24-50-44(43)41-39(53)20-19-35-34-13-8-9-14-40(34)54-45(35)41;/h8-24,26-27,53H,1-7H3;/q-1;. The van der Waals surface area contributed by atoms with E-state index >= 15 is 0 Å². The van der Waals surface area contributed by atoms with Crippen LogP contribution in [0.25, 0.3) is 83.3 Å². The molecule has 9 rings (SSSR count). The minimum absolute atomic E-state index is 0. The van der Waals surface area contributed by atoms with Gasteiger partial charge in [0.1, 0.15) is 28.1 Å². The molecule has 0 atom stereocenters. The fourth-order valence-corrected chi connectivity index (χ4v) is 7.53. The van der Waals surface area contributed by atoms with Crippen LogP contribution in [0.2, 0.25) is 0 Å². The molecule has 0 aliphatic heterocycles. The number of imidazole rings is 1. The van der Waals surface area contributed by atoms with Crippen molar-refractivity contribution in [3.8, 4) is 45.2 Å². The van der Waals surface area contributed by atoms with Gasteiger partial charge in [0.05, 0.1) is 16.9 Å². The second kappa shape index (κ2) is 13.3. The van der Waals surface area contributed by atoms with E-state index in [-0.39, 0.29) is 37.6 Å². The van der Waals surface area contributed by atoms with Crippen LogP contribution in [-0.2, 0) is 31.9 Å². The Balaban J connectivity index is 0.00000427. The number of nitrogens with zero attached hydrogens (tertiary/aromatic N) is 4. The number of para-hydroxylation sites is 1. The average Bonchev–Trinajstić information content (AvgIpc) is 3.73. The van der Waals surface area contributed by atoms with Crippen LogP contribution in [-0.4, -0.2) is 24.6 Å². The molecule has 0 saturated heterocycles. The van der Waals surface area contributed by atoms with Crippen LogP contribution < -0.4 is 0 Å². The van der Waals surface area contributed by atoms with Crippen molar-refractivity contribution < 1.29 is 30.6 Å². The molecule has 0 unspecified atom stereocenters. The summed E-state index contributed by atoms with van der Waals surface area (Å²) in [6.45, 7) is 15.5. The zero-order valence-electron chi connectivity index (χ0n) is 31.9. The van der Waals surface area contributed by atoms with Gasteiger partial charge in [-0.1, -0.05) is 95.1 Å². The molecule has 0 spiro atoms. The van der Waals surface area contributed by atoms with E-state index in [1.54, 1.807) is 12.3 Å². The second-order valence-electron chi connectivity index (χ2n) is 16.3. The summed E-state index contributed by atoms with van der Waals surface area (Å²) in [6, 6.07) is 38.8. The van der Waals surface area contributed by atoms with Crippen molar-refractivity contribution in [2.75, 3.05) is 0 Å².